The molecule has 1 N–H and O–H groups in total. The zero-order chi connectivity index (χ0) is 18.5. The van der Waals surface area contributed by atoms with E-state index in [1.165, 1.54) is 0 Å². The zero-order valence-corrected chi connectivity index (χ0v) is 15.0. The summed E-state index contributed by atoms with van der Waals surface area (Å²) in [6.07, 6.45) is 0.215. The maximum atomic E-state index is 12.3. The predicted molar refractivity (Wildman–Crippen MR) is 101 cm³/mol. The van der Waals surface area contributed by atoms with Gasteiger partial charge in [-0.15, -0.1) is 0 Å². The van der Waals surface area contributed by atoms with E-state index in [1.807, 2.05) is 55.5 Å². The van der Waals surface area contributed by atoms with Crippen molar-refractivity contribution in [2.24, 2.45) is 0 Å². The molecule has 5 nitrogen and oxygen atoms in total. The first-order valence-electron chi connectivity index (χ1n) is 8.26. The van der Waals surface area contributed by atoms with Crippen LogP contribution in [0.25, 0.3) is 11.3 Å². The molecule has 0 saturated heterocycles. The lowest BCUT2D eigenvalue weighted by molar-refractivity contribution is -0.115. The van der Waals surface area contributed by atoms with Crippen LogP contribution in [-0.2, 0) is 11.2 Å². The first kappa shape index (κ1) is 17.6. The van der Waals surface area contributed by atoms with E-state index in [0.29, 0.717) is 11.5 Å². The van der Waals surface area contributed by atoms with Gasteiger partial charge in [-0.1, -0.05) is 6.07 Å². The van der Waals surface area contributed by atoms with Crippen LogP contribution in [-0.4, -0.2) is 20.1 Å². The Morgan fingerprint density at radius 1 is 1.00 bits per heavy atom. The number of carbonyl (C=O) groups excluding carboxylic acids is 1. The van der Waals surface area contributed by atoms with Gasteiger partial charge in [0.25, 0.3) is 0 Å². The third-order valence-electron chi connectivity index (χ3n) is 4.04. The molecule has 1 heterocycles. The summed E-state index contributed by atoms with van der Waals surface area (Å²) >= 11 is 0. The number of furan rings is 1. The molecular weight excluding hydrogens is 330 g/mol. The van der Waals surface area contributed by atoms with Gasteiger partial charge in [0, 0.05) is 22.9 Å². The van der Waals surface area contributed by atoms with Crippen LogP contribution < -0.4 is 14.8 Å². The van der Waals surface area contributed by atoms with Crippen molar-refractivity contribution >= 4 is 11.6 Å². The van der Waals surface area contributed by atoms with Gasteiger partial charge in [0.05, 0.1) is 20.6 Å². The second-order valence-electron chi connectivity index (χ2n) is 5.89. The van der Waals surface area contributed by atoms with E-state index in [4.69, 9.17) is 13.9 Å². The first-order chi connectivity index (χ1) is 12.6. The Kier molecular flexibility index (Phi) is 5.27. The highest BCUT2D eigenvalue weighted by molar-refractivity contribution is 5.92. The third kappa shape index (κ3) is 4.06. The molecule has 0 radical (unpaired) electrons. The molecule has 3 rings (SSSR count). The Hall–Kier alpha value is -3.21. The van der Waals surface area contributed by atoms with Crippen molar-refractivity contribution in [2.45, 2.75) is 13.3 Å². The Morgan fingerprint density at radius 2 is 1.77 bits per heavy atom. The van der Waals surface area contributed by atoms with Crippen LogP contribution in [0.4, 0.5) is 5.69 Å². The second-order valence-corrected chi connectivity index (χ2v) is 5.89. The van der Waals surface area contributed by atoms with E-state index in [1.54, 1.807) is 20.3 Å². The van der Waals surface area contributed by atoms with Crippen LogP contribution in [0.2, 0.25) is 0 Å². The van der Waals surface area contributed by atoms with Crippen molar-refractivity contribution in [1.82, 2.24) is 0 Å². The number of carbonyl (C=O) groups is 1. The molecule has 1 aromatic heterocycles. The van der Waals surface area contributed by atoms with E-state index in [9.17, 15) is 4.79 Å². The van der Waals surface area contributed by atoms with Gasteiger partial charge in [0.2, 0.25) is 5.91 Å². The summed E-state index contributed by atoms with van der Waals surface area (Å²) in [5.74, 6) is 2.88. The van der Waals surface area contributed by atoms with Gasteiger partial charge in [-0.25, -0.2) is 0 Å². The number of aryl methyl sites for hydroxylation is 1. The number of anilines is 1. The van der Waals surface area contributed by atoms with Crippen molar-refractivity contribution in [3.8, 4) is 22.8 Å². The number of hydrogen-bond acceptors (Lipinski definition) is 4. The molecule has 0 atom stereocenters. The minimum atomic E-state index is -0.116. The molecule has 5 heteroatoms. The summed E-state index contributed by atoms with van der Waals surface area (Å²) in [6.45, 7) is 1.91. The maximum absolute atomic E-state index is 12.3. The molecule has 0 aliphatic rings. The minimum absolute atomic E-state index is 0.116. The third-order valence-corrected chi connectivity index (χ3v) is 4.04. The number of amides is 1. The molecule has 0 aliphatic heterocycles. The second kappa shape index (κ2) is 7.78. The fourth-order valence-electron chi connectivity index (χ4n) is 2.68. The van der Waals surface area contributed by atoms with Crippen LogP contribution in [0.1, 0.15) is 11.3 Å². The van der Waals surface area contributed by atoms with Crippen molar-refractivity contribution < 1.29 is 18.7 Å². The number of methoxy groups -OCH3 is 2. The van der Waals surface area contributed by atoms with Crippen LogP contribution in [0.5, 0.6) is 11.5 Å². The van der Waals surface area contributed by atoms with Gasteiger partial charge in [-0.2, -0.15) is 0 Å². The minimum Gasteiger partial charge on any atom is -0.497 e. The van der Waals surface area contributed by atoms with Gasteiger partial charge in [-0.05, 0) is 49.4 Å². The summed E-state index contributed by atoms with van der Waals surface area (Å²) in [7, 11) is 3.17. The molecular formula is C21H21NO4. The summed E-state index contributed by atoms with van der Waals surface area (Å²) in [6, 6.07) is 16.8. The SMILES string of the molecule is COc1ccc(CC(=O)Nc2ccc(-c3ccc(C)o3)cc2)c(OC)c1. The monoisotopic (exact) mass is 351 g/mol. The number of ether oxygens (including phenoxy) is 2. The predicted octanol–water partition coefficient (Wildman–Crippen LogP) is 4.45. The highest BCUT2D eigenvalue weighted by Gasteiger charge is 2.11. The van der Waals surface area contributed by atoms with Crippen LogP contribution >= 0.6 is 0 Å². The summed E-state index contributed by atoms with van der Waals surface area (Å²) in [4.78, 5) is 12.3. The lowest BCUT2D eigenvalue weighted by atomic mass is 10.1. The highest BCUT2D eigenvalue weighted by Crippen LogP contribution is 2.26. The summed E-state index contributed by atoms with van der Waals surface area (Å²) < 4.78 is 16.1. The standard InChI is InChI=1S/C21H21NO4/c1-14-4-11-19(26-14)15-5-8-17(9-6-15)22-21(23)12-16-7-10-18(24-2)13-20(16)25-3/h4-11,13H,12H2,1-3H3,(H,22,23). The molecule has 2 aromatic carbocycles. The zero-order valence-electron chi connectivity index (χ0n) is 15.0. The number of rotatable bonds is 6. The molecule has 0 spiro atoms. The quantitative estimate of drug-likeness (QED) is 0.712. The Balaban J connectivity index is 1.66. The van der Waals surface area contributed by atoms with Gasteiger partial charge in [0.15, 0.2) is 0 Å². The number of hydrogen-bond donors (Lipinski definition) is 1. The average Bonchev–Trinajstić information content (AvgIpc) is 3.09. The van der Waals surface area contributed by atoms with Crippen LogP contribution in [0.3, 0.4) is 0 Å². The molecule has 134 valence electrons. The normalized spacial score (nSPS) is 10.4. The topological polar surface area (TPSA) is 60.7 Å². The highest BCUT2D eigenvalue weighted by atomic mass is 16.5. The summed E-state index contributed by atoms with van der Waals surface area (Å²) in [5, 5.41) is 2.90. The van der Waals surface area contributed by atoms with E-state index < -0.39 is 0 Å². The largest absolute Gasteiger partial charge is 0.497 e. The molecule has 0 bridgehead atoms. The number of benzene rings is 2. The molecule has 0 fully saturated rings. The van der Waals surface area contributed by atoms with E-state index in [-0.39, 0.29) is 12.3 Å². The van der Waals surface area contributed by atoms with E-state index >= 15 is 0 Å². The average molecular weight is 351 g/mol. The Labute approximate surface area is 152 Å². The lowest BCUT2D eigenvalue weighted by Crippen LogP contribution is -2.14. The fourth-order valence-corrected chi connectivity index (χ4v) is 2.68. The van der Waals surface area contributed by atoms with Crippen molar-refractivity contribution in [3.05, 3.63) is 65.9 Å². The van der Waals surface area contributed by atoms with Gasteiger partial charge < -0.3 is 19.2 Å². The van der Waals surface area contributed by atoms with Crippen LogP contribution in [0.15, 0.2) is 59.0 Å². The Morgan fingerprint density at radius 3 is 2.38 bits per heavy atom. The van der Waals surface area contributed by atoms with Crippen molar-refractivity contribution in [1.29, 1.82) is 0 Å². The Bertz CT molecular complexity index is 897. The van der Waals surface area contributed by atoms with E-state index in [2.05, 4.69) is 5.32 Å². The molecule has 0 unspecified atom stereocenters. The molecule has 1 amide bonds. The van der Waals surface area contributed by atoms with Gasteiger partial charge >= 0.3 is 0 Å². The van der Waals surface area contributed by atoms with Gasteiger partial charge in [-0.3, -0.25) is 4.79 Å². The van der Waals surface area contributed by atoms with Crippen molar-refractivity contribution in [3.63, 3.8) is 0 Å². The smallest absolute Gasteiger partial charge is 0.228 e. The van der Waals surface area contributed by atoms with Crippen molar-refractivity contribution in [2.75, 3.05) is 19.5 Å². The summed E-state index contributed by atoms with van der Waals surface area (Å²) in [5.41, 5.74) is 2.50. The molecule has 0 aliphatic carbocycles. The van der Waals surface area contributed by atoms with E-state index in [0.717, 1.165) is 28.3 Å². The van der Waals surface area contributed by atoms with Crippen LogP contribution in [0, 0.1) is 6.92 Å². The number of nitrogens with one attached hydrogen (secondary N) is 1. The molecule has 0 saturated carbocycles. The first-order valence-corrected chi connectivity index (χ1v) is 8.26. The van der Waals surface area contributed by atoms with Gasteiger partial charge in [0.1, 0.15) is 23.0 Å². The lowest BCUT2D eigenvalue weighted by Gasteiger charge is -2.11. The maximum Gasteiger partial charge on any atom is 0.228 e. The fraction of sp³-hybridized carbons (Fsp3) is 0.190. The molecule has 26 heavy (non-hydrogen) atoms. The molecule has 3 aromatic rings.